The van der Waals surface area contributed by atoms with E-state index in [0.717, 1.165) is 0 Å². The van der Waals surface area contributed by atoms with Crippen LogP contribution in [0.4, 0.5) is 16.2 Å². The topological polar surface area (TPSA) is 118 Å². The zero-order valence-electron chi connectivity index (χ0n) is 15.6. The van der Waals surface area contributed by atoms with Crippen LogP contribution in [0.15, 0.2) is 53.5 Å². The van der Waals surface area contributed by atoms with Crippen LogP contribution in [0.1, 0.15) is 13.8 Å². The number of carbonyl (C=O) groups excluding carboxylic acids is 3. The number of nitrogens with zero attached hydrogens (tertiary/aromatic N) is 1. The van der Waals surface area contributed by atoms with Crippen LogP contribution >= 0.6 is 0 Å². The van der Waals surface area contributed by atoms with Gasteiger partial charge in [0.05, 0.1) is 18.5 Å². The molecule has 9 nitrogen and oxygen atoms in total. The van der Waals surface area contributed by atoms with Gasteiger partial charge in [-0.1, -0.05) is 18.2 Å². The maximum Gasteiger partial charge on any atom is 0.413 e. The lowest BCUT2D eigenvalue weighted by Gasteiger charge is -2.12. The van der Waals surface area contributed by atoms with E-state index in [2.05, 4.69) is 25.7 Å². The fourth-order valence-electron chi connectivity index (χ4n) is 2.11. The van der Waals surface area contributed by atoms with E-state index in [1.807, 2.05) is 18.2 Å². The summed E-state index contributed by atoms with van der Waals surface area (Å²) in [4.78, 5) is 38.6. The Labute approximate surface area is 161 Å². The van der Waals surface area contributed by atoms with Gasteiger partial charge in [0.2, 0.25) is 17.8 Å². The fraction of sp³-hybridized carbons (Fsp3) is 0.158. The number of ether oxygens (including phenoxy) is 2. The van der Waals surface area contributed by atoms with Crippen LogP contribution in [0.3, 0.4) is 0 Å². The summed E-state index contributed by atoms with van der Waals surface area (Å²) >= 11 is 0. The predicted octanol–water partition coefficient (Wildman–Crippen LogP) is 2.92. The number of rotatable bonds is 4. The highest BCUT2D eigenvalue weighted by atomic mass is 16.5. The molecule has 2 aromatic rings. The molecule has 2 rings (SSSR count). The van der Waals surface area contributed by atoms with Crippen LogP contribution in [0, 0.1) is 0 Å². The van der Waals surface area contributed by atoms with Crippen LogP contribution < -0.4 is 20.7 Å². The van der Waals surface area contributed by atoms with Gasteiger partial charge in [-0.25, -0.2) is 9.79 Å². The summed E-state index contributed by atoms with van der Waals surface area (Å²) in [5.41, 5.74) is 0.617. The molecule has 0 radical (unpaired) electrons. The molecule has 2 aromatic carbocycles. The number of para-hydroxylation sites is 1. The largest absolute Gasteiger partial charge is 0.457 e. The van der Waals surface area contributed by atoms with Crippen molar-refractivity contribution >= 4 is 35.2 Å². The SMILES string of the molecule is COC(=O)NC(=Nc1cc(Oc2ccccc2)ccc1NC(C)=O)NC(C)=O. The molecule has 0 saturated carbocycles. The van der Waals surface area contributed by atoms with Gasteiger partial charge in [-0.2, -0.15) is 0 Å². The smallest absolute Gasteiger partial charge is 0.413 e. The number of nitrogens with one attached hydrogen (secondary N) is 3. The molecular formula is C19H20N4O5. The Bertz CT molecular complexity index is 896. The lowest BCUT2D eigenvalue weighted by Crippen LogP contribution is -2.42. The van der Waals surface area contributed by atoms with Gasteiger partial charge in [0, 0.05) is 19.9 Å². The second-order valence-electron chi connectivity index (χ2n) is 5.53. The van der Waals surface area contributed by atoms with Gasteiger partial charge in [-0.3, -0.25) is 20.2 Å². The molecule has 0 saturated heterocycles. The summed E-state index contributed by atoms with van der Waals surface area (Å²) in [6.45, 7) is 2.61. The van der Waals surface area contributed by atoms with Gasteiger partial charge < -0.3 is 14.8 Å². The molecule has 0 unspecified atom stereocenters. The minimum atomic E-state index is -0.815. The van der Waals surface area contributed by atoms with Crippen LogP contribution in [-0.2, 0) is 14.3 Å². The minimum absolute atomic E-state index is 0.164. The average Bonchev–Trinajstić information content (AvgIpc) is 2.63. The maximum atomic E-state index is 11.5. The number of methoxy groups -OCH3 is 1. The Kier molecular flexibility index (Phi) is 7.09. The van der Waals surface area contributed by atoms with Crippen molar-refractivity contribution in [2.45, 2.75) is 13.8 Å². The number of aliphatic imine (C=N–C) groups is 1. The summed E-state index contributed by atoms with van der Waals surface area (Å²) in [6.07, 6.45) is -0.815. The predicted molar refractivity (Wildman–Crippen MR) is 104 cm³/mol. The number of benzene rings is 2. The minimum Gasteiger partial charge on any atom is -0.457 e. The zero-order valence-corrected chi connectivity index (χ0v) is 15.6. The van der Waals surface area contributed by atoms with E-state index in [1.54, 1.807) is 30.3 Å². The molecule has 3 N–H and O–H groups in total. The van der Waals surface area contributed by atoms with Gasteiger partial charge in [-0.05, 0) is 24.3 Å². The molecule has 0 fully saturated rings. The summed E-state index contributed by atoms with van der Waals surface area (Å²) < 4.78 is 10.3. The normalized spacial score (nSPS) is 10.6. The summed E-state index contributed by atoms with van der Waals surface area (Å²) in [5, 5.41) is 7.32. The first kappa shape index (κ1) is 20.4. The number of carbonyl (C=O) groups is 3. The summed E-state index contributed by atoms with van der Waals surface area (Å²) in [7, 11) is 1.18. The third kappa shape index (κ3) is 6.45. The molecular weight excluding hydrogens is 364 g/mol. The quantitative estimate of drug-likeness (QED) is 0.553. The van der Waals surface area contributed by atoms with E-state index < -0.39 is 12.0 Å². The highest BCUT2D eigenvalue weighted by molar-refractivity contribution is 6.04. The highest BCUT2D eigenvalue weighted by Gasteiger charge is 2.12. The van der Waals surface area contributed by atoms with E-state index in [4.69, 9.17) is 4.74 Å². The van der Waals surface area contributed by atoms with Gasteiger partial charge >= 0.3 is 6.09 Å². The first-order valence-electron chi connectivity index (χ1n) is 8.23. The Balaban J connectivity index is 2.42. The molecule has 28 heavy (non-hydrogen) atoms. The lowest BCUT2D eigenvalue weighted by molar-refractivity contribution is -0.117. The van der Waals surface area contributed by atoms with E-state index in [9.17, 15) is 14.4 Å². The molecule has 0 heterocycles. The van der Waals surface area contributed by atoms with Crippen molar-refractivity contribution in [1.29, 1.82) is 0 Å². The van der Waals surface area contributed by atoms with Crippen LogP contribution in [0.25, 0.3) is 0 Å². The first-order chi connectivity index (χ1) is 13.4. The van der Waals surface area contributed by atoms with Crippen LogP contribution in [0.2, 0.25) is 0 Å². The van der Waals surface area contributed by atoms with Gasteiger partial charge in [0.15, 0.2) is 0 Å². The number of guanidine groups is 1. The van der Waals surface area contributed by atoms with Gasteiger partial charge in [-0.15, -0.1) is 0 Å². The molecule has 0 aliphatic carbocycles. The lowest BCUT2D eigenvalue weighted by atomic mass is 10.2. The van der Waals surface area contributed by atoms with Crippen LogP contribution in [-0.4, -0.2) is 31.0 Å². The number of amides is 3. The Hall–Kier alpha value is -3.88. The monoisotopic (exact) mass is 384 g/mol. The molecule has 0 atom stereocenters. The second-order valence-corrected chi connectivity index (χ2v) is 5.53. The Morgan fingerprint density at radius 1 is 0.893 bits per heavy atom. The first-order valence-corrected chi connectivity index (χ1v) is 8.23. The Morgan fingerprint density at radius 3 is 2.21 bits per heavy atom. The van der Waals surface area contributed by atoms with E-state index in [0.29, 0.717) is 17.2 Å². The van der Waals surface area contributed by atoms with Crippen LogP contribution in [0.5, 0.6) is 11.5 Å². The van der Waals surface area contributed by atoms with Crippen molar-refractivity contribution in [3.05, 3.63) is 48.5 Å². The van der Waals surface area contributed by atoms with Gasteiger partial charge in [0.1, 0.15) is 11.5 Å². The molecule has 3 amide bonds. The number of alkyl carbamates (subject to hydrolysis) is 1. The molecule has 146 valence electrons. The molecule has 9 heteroatoms. The standard InChI is InChI=1S/C19H20N4O5/c1-12(24)20-16-10-9-15(28-14-7-5-4-6-8-14)11-17(16)22-18(21-13(2)25)23-19(26)27-3/h4-11H,1-3H3,(H,20,24)(H2,21,22,23,25,26). The second kappa shape index (κ2) is 9.72. The molecule has 0 aromatic heterocycles. The van der Waals surface area contributed by atoms with E-state index in [1.165, 1.54) is 21.0 Å². The van der Waals surface area contributed by atoms with Gasteiger partial charge in [0.25, 0.3) is 0 Å². The van der Waals surface area contributed by atoms with Crippen molar-refractivity contribution in [3.8, 4) is 11.5 Å². The third-order valence-electron chi connectivity index (χ3n) is 3.19. The zero-order chi connectivity index (χ0) is 20.5. The maximum absolute atomic E-state index is 11.5. The highest BCUT2D eigenvalue weighted by Crippen LogP contribution is 2.32. The number of hydrogen-bond donors (Lipinski definition) is 3. The van der Waals surface area contributed by atoms with Crippen molar-refractivity contribution in [2.75, 3.05) is 12.4 Å². The van der Waals surface area contributed by atoms with Crippen molar-refractivity contribution in [3.63, 3.8) is 0 Å². The molecule has 0 bridgehead atoms. The van der Waals surface area contributed by atoms with E-state index in [-0.39, 0.29) is 17.6 Å². The number of hydrogen-bond acceptors (Lipinski definition) is 6. The average molecular weight is 384 g/mol. The summed E-state index contributed by atoms with van der Waals surface area (Å²) in [5.74, 6) is 0.129. The summed E-state index contributed by atoms with van der Waals surface area (Å²) in [6, 6.07) is 13.9. The Morgan fingerprint density at radius 2 is 1.61 bits per heavy atom. The molecule has 0 spiro atoms. The molecule has 0 aliphatic heterocycles. The fourth-order valence-corrected chi connectivity index (χ4v) is 2.11. The van der Waals surface area contributed by atoms with Crippen molar-refractivity contribution in [2.24, 2.45) is 4.99 Å². The van der Waals surface area contributed by atoms with Crippen molar-refractivity contribution in [1.82, 2.24) is 10.6 Å². The van der Waals surface area contributed by atoms with E-state index >= 15 is 0 Å². The third-order valence-corrected chi connectivity index (χ3v) is 3.19. The number of anilines is 1. The van der Waals surface area contributed by atoms with Crippen molar-refractivity contribution < 1.29 is 23.9 Å². The molecule has 0 aliphatic rings.